The minimum absolute atomic E-state index is 0.768. The first-order valence-electron chi connectivity index (χ1n) is 5.73. The lowest BCUT2D eigenvalue weighted by molar-refractivity contribution is 0.303. The van der Waals surface area contributed by atoms with E-state index in [9.17, 15) is 0 Å². The zero-order valence-electron chi connectivity index (χ0n) is 9.75. The summed E-state index contributed by atoms with van der Waals surface area (Å²) in [5, 5.41) is 0. The highest BCUT2D eigenvalue weighted by Gasteiger charge is 1.99. The lowest BCUT2D eigenvalue weighted by Crippen LogP contribution is -1.99. The topological polar surface area (TPSA) is 35.2 Å². The molecule has 0 saturated carbocycles. The molecule has 0 aliphatic rings. The number of rotatable bonds is 6. The van der Waals surface area contributed by atoms with E-state index in [2.05, 4.69) is 6.92 Å². The van der Waals surface area contributed by atoms with Crippen LogP contribution in [0.3, 0.4) is 0 Å². The molecule has 0 fully saturated rings. The highest BCUT2D eigenvalue weighted by atomic mass is 16.5. The summed E-state index contributed by atoms with van der Waals surface area (Å²) < 4.78 is 5.68. The van der Waals surface area contributed by atoms with Crippen LogP contribution in [0.2, 0.25) is 0 Å². The highest BCUT2D eigenvalue weighted by Crippen LogP contribution is 2.20. The van der Waals surface area contributed by atoms with E-state index in [-0.39, 0.29) is 0 Å². The van der Waals surface area contributed by atoms with Crippen LogP contribution in [-0.4, -0.2) is 6.61 Å². The molecule has 2 nitrogen and oxygen atoms in total. The van der Waals surface area contributed by atoms with E-state index in [1.54, 1.807) is 0 Å². The molecule has 0 aliphatic carbocycles. The number of hydrogen-bond donors (Lipinski definition) is 1. The van der Waals surface area contributed by atoms with E-state index < -0.39 is 0 Å². The molecular weight excluding hydrogens is 186 g/mol. The van der Waals surface area contributed by atoms with Gasteiger partial charge in [0.05, 0.1) is 6.61 Å². The minimum Gasteiger partial charge on any atom is -0.493 e. The molecule has 84 valence electrons. The Hall–Kier alpha value is -1.18. The molecule has 1 aromatic rings. The quantitative estimate of drug-likeness (QED) is 0.572. The number of aryl methyl sites for hydroxylation is 1. The molecule has 1 aromatic carbocycles. The fraction of sp³-hybridized carbons (Fsp3) is 0.538. The minimum atomic E-state index is 0.768. The average molecular weight is 207 g/mol. The number of nitrogens with two attached hydrogens (primary N) is 1. The Morgan fingerprint density at radius 2 is 2.00 bits per heavy atom. The van der Waals surface area contributed by atoms with Gasteiger partial charge in [0.25, 0.3) is 0 Å². The van der Waals surface area contributed by atoms with Gasteiger partial charge in [-0.15, -0.1) is 0 Å². The van der Waals surface area contributed by atoms with Crippen molar-refractivity contribution in [3.63, 3.8) is 0 Å². The van der Waals surface area contributed by atoms with Crippen molar-refractivity contribution < 1.29 is 4.74 Å². The van der Waals surface area contributed by atoms with Crippen LogP contribution in [0.4, 0.5) is 5.69 Å². The van der Waals surface area contributed by atoms with Crippen molar-refractivity contribution >= 4 is 5.69 Å². The van der Waals surface area contributed by atoms with Gasteiger partial charge in [0, 0.05) is 11.8 Å². The number of hydrogen-bond acceptors (Lipinski definition) is 2. The molecule has 0 aliphatic heterocycles. The van der Waals surface area contributed by atoms with E-state index >= 15 is 0 Å². The van der Waals surface area contributed by atoms with Crippen molar-refractivity contribution in [1.82, 2.24) is 0 Å². The molecular formula is C13H21NO. The lowest BCUT2D eigenvalue weighted by atomic mass is 10.2. The second kappa shape index (κ2) is 6.33. The van der Waals surface area contributed by atoms with Gasteiger partial charge < -0.3 is 10.5 Å². The Kier molecular flexibility index (Phi) is 5.02. The third-order valence-electron chi connectivity index (χ3n) is 2.47. The summed E-state index contributed by atoms with van der Waals surface area (Å²) in [5.41, 5.74) is 7.62. The Morgan fingerprint density at radius 3 is 2.73 bits per heavy atom. The van der Waals surface area contributed by atoms with Crippen LogP contribution in [0.1, 0.15) is 38.2 Å². The number of unbranched alkanes of at least 4 members (excludes halogenated alkanes) is 3. The first kappa shape index (κ1) is 11.9. The molecule has 0 spiro atoms. The summed E-state index contributed by atoms with van der Waals surface area (Å²) in [5.74, 6) is 0.923. The molecule has 0 radical (unpaired) electrons. The Morgan fingerprint density at radius 1 is 1.20 bits per heavy atom. The molecule has 0 aromatic heterocycles. The molecule has 1 rings (SSSR count). The predicted molar refractivity (Wildman–Crippen MR) is 65.2 cm³/mol. The first-order valence-corrected chi connectivity index (χ1v) is 5.73. The smallest absolute Gasteiger partial charge is 0.124 e. The Bertz CT molecular complexity index is 297. The van der Waals surface area contributed by atoms with E-state index in [4.69, 9.17) is 10.5 Å². The largest absolute Gasteiger partial charge is 0.493 e. The van der Waals surface area contributed by atoms with Crippen LogP contribution < -0.4 is 10.5 Å². The zero-order valence-corrected chi connectivity index (χ0v) is 9.75. The lowest BCUT2D eigenvalue weighted by Gasteiger charge is -2.09. The molecule has 15 heavy (non-hydrogen) atoms. The molecule has 0 amide bonds. The zero-order chi connectivity index (χ0) is 11.1. The van der Waals surface area contributed by atoms with Gasteiger partial charge in [0.2, 0.25) is 0 Å². The molecule has 0 saturated heterocycles. The van der Waals surface area contributed by atoms with E-state index in [1.807, 2.05) is 25.1 Å². The van der Waals surface area contributed by atoms with Crippen molar-refractivity contribution in [3.05, 3.63) is 23.8 Å². The third-order valence-corrected chi connectivity index (χ3v) is 2.47. The Balaban J connectivity index is 2.33. The van der Waals surface area contributed by atoms with Crippen LogP contribution in [0, 0.1) is 6.92 Å². The normalized spacial score (nSPS) is 10.3. The predicted octanol–water partition coefficient (Wildman–Crippen LogP) is 3.54. The van der Waals surface area contributed by atoms with Gasteiger partial charge >= 0.3 is 0 Å². The monoisotopic (exact) mass is 207 g/mol. The average Bonchev–Trinajstić information content (AvgIpc) is 2.23. The van der Waals surface area contributed by atoms with E-state index in [0.29, 0.717) is 0 Å². The maximum atomic E-state index is 5.70. The van der Waals surface area contributed by atoms with Crippen LogP contribution in [0.15, 0.2) is 18.2 Å². The SMILES string of the molecule is CCCCCCOc1cc(N)ccc1C. The molecule has 2 N–H and O–H groups in total. The van der Waals surface area contributed by atoms with Gasteiger partial charge in [-0.25, -0.2) is 0 Å². The summed E-state index contributed by atoms with van der Waals surface area (Å²) in [6.45, 7) is 5.05. The molecule has 0 unspecified atom stereocenters. The second-order valence-electron chi connectivity index (χ2n) is 3.93. The van der Waals surface area contributed by atoms with Crippen molar-refractivity contribution in [2.45, 2.75) is 39.5 Å². The number of ether oxygens (including phenoxy) is 1. The number of anilines is 1. The van der Waals surface area contributed by atoms with Gasteiger partial charge in [-0.3, -0.25) is 0 Å². The fourth-order valence-corrected chi connectivity index (χ4v) is 1.48. The van der Waals surface area contributed by atoms with E-state index in [0.717, 1.165) is 30.0 Å². The van der Waals surface area contributed by atoms with Crippen molar-refractivity contribution in [2.75, 3.05) is 12.3 Å². The van der Waals surface area contributed by atoms with Crippen LogP contribution in [0.5, 0.6) is 5.75 Å². The second-order valence-corrected chi connectivity index (χ2v) is 3.93. The Labute approximate surface area is 92.4 Å². The number of nitrogen functional groups attached to an aromatic ring is 1. The van der Waals surface area contributed by atoms with Gasteiger partial charge in [0.15, 0.2) is 0 Å². The van der Waals surface area contributed by atoms with Gasteiger partial charge in [-0.05, 0) is 25.0 Å². The number of benzene rings is 1. The molecule has 2 heteroatoms. The molecule has 0 bridgehead atoms. The molecule has 0 atom stereocenters. The summed E-state index contributed by atoms with van der Waals surface area (Å²) in [6, 6.07) is 5.80. The van der Waals surface area contributed by atoms with Crippen LogP contribution in [-0.2, 0) is 0 Å². The summed E-state index contributed by atoms with van der Waals surface area (Å²) in [7, 11) is 0. The van der Waals surface area contributed by atoms with Crippen molar-refractivity contribution in [2.24, 2.45) is 0 Å². The maximum absolute atomic E-state index is 5.70. The first-order chi connectivity index (χ1) is 7.24. The summed E-state index contributed by atoms with van der Waals surface area (Å²) in [4.78, 5) is 0. The highest BCUT2D eigenvalue weighted by molar-refractivity contribution is 5.47. The van der Waals surface area contributed by atoms with Crippen LogP contribution >= 0.6 is 0 Å². The summed E-state index contributed by atoms with van der Waals surface area (Å²) in [6.07, 6.45) is 4.93. The van der Waals surface area contributed by atoms with Crippen molar-refractivity contribution in [1.29, 1.82) is 0 Å². The van der Waals surface area contributed by atoms with E-state index in [1.165, 1.54) is 19.3 Å². The maximum Gasteiger partial charge on any atom is 0.124 e. The summed E-state index contributed by atoms with van der Waals surface area (Å²) >= 11 is 0. The van der Waals surface area contributed by atoms with Gasteiger partial charge in [0.1, 0.15) is 5.75 Å². The third kappa shape index (κ3) is 4.24. The standard InChI is InChI=1S/C13H21NO/c1-3-4-5-6-9-15-13-10-12(14)8-7-11(13)2/h7-8,10H,3-6,9,14H2,1-2H3. The van der Waals surface area contributed by atoms with Gasteiger partial charge in [-0.2, -0.15) is 0 Å². The van der Waals surface area contributed by atoms with Gasteiger partial charge in [-0.1, -0.05) is 32.3 Å². The van der Waals surface area contributed by atoms with Crippen molar-refractivity contribution in [3.8, 4) is 5.75 Å². The molecule has 0 heterocycles. The van der Waals surface area contributed by atoms with Crippen LogP contribution in [0.25, 0.3) is 0 Å². The fourth-order valence-electron chi connectivity index (χ4n) is 1.48.